The van der Waals surface area contributed by atoms with Gasteiger partial charge in [0.1, 0.15) is 0 Å². The van der Waals surface area contributed by atoms with E-state index in [4.69, 9.17) is 9.90 Å². The van der Waals surface area contributed by atoms with Gasteiger partial charge in [0.2, 0.25) is 0 Å². The molecule has 0 radical (unpaired) electrons. The van der Waals surface area contributed by atoms with Crippen LogP contribution in [0.5, 0.6) is 0 Å². The van der Waals surface area contributed by atoms with Crippen LogP contribution in [-0.4, -0.2) is 29.9 Å². The van der Waals surface area contributed by atoms with Crippen molar-refractivity contribution in [3.8, 4) is 0 Å². The number of carbonyl (C=O) groups excluding carboxylic acids is 1. The predicted molar refractivity (Wildman–Crippen MR) is 19.8 cm³/mol. The molecule has 3 nitrogen and oxygen atoms in total. The van der Waals surface area contributed by atoms with Gasteiger partial charge >= 0.3 is 17.4 Å². The van der Waals surface area contributed by atoms with E-state index in [1.54, 1.807) is 0 Å². The van der Waals surface area contributed by atoms with Gasteiger partial charge in [0.15, 0.2) is 0 Å². The summed E-state index contributed by atoms with van der Waals surface area (Å²) in [7, 11) is 0. The zero-order chi connectivity index (χ0) is 4.28. The molecule has 2 N–H and O–H groups in total. The minimum absolute atomic E-state index is 0. The quantitative estimate of drug-likeness (QED) is 0.366. The minimum Gasteiger partial charge on any atom is -0.549 e. The Morgan fingerprint density at radius 1 is 1.83 bits per heavy atom. The number of carboxylic acids is 1. The Hall–Kier alpha value is -0.0375. The molecule has 0 rings (SSSR count). The van der Waals surface area contributed by atoms with Gasteiger partial charge in [0.05, 0.1) is 5.97 Å². The van der Waals surface area contributed by atoms with Gasteiger partial charge in [0.25, 0.3) is 0 Å². The molecule has 0 aromatic heterocycles. The van der Waals surface area contributed by atoms with E-state index in [0.29, 0.717) is 0 Å². The van der Waals surface area contributed by atoms with E-state index in [1.165, 1.54) is 0 Å². The van der Waals surface area contributed by atoms with Crippen molar-refractivity contribution in [3.63, 3.8) is 0 Å². The molecule has 0 saturated heterocycles. The van der Waals surface area contributed by atoms with Crippen molar-refractivity contribution >= 4 is 23.3 Å². The van der Waals surface area contributed by atoms with Crippen LogP contribution in [0.2, 0.25) is 0 Å². The van der Waals surface area contributed by atoms with Crippen LogP contribution in [0.25, 0.3) is 0 Å². The third kappa shape index (κ3) is 9.03. The number of nitrogens with two attached hydrogens (primary N) is 1. The first-order chi connectivity index (χ1) is 2.27. The van der Waals surface area contributed by atoms with Crippen molar-refractivity contribution < 1.29 is 9.90 Å². The van der Waals surface area contributed by atoms with E-state index >= 15 is 0 Å². The van der Waals surface area contributed by atoms with E-state index in [-0.39, 0.29) is 23.9 Å². The monoisotopic (exact) mass is 101 g/mol. The summed E-state index contributed by atoms with van der Waals surface area (Å²) < 4.78 is 0. The Labute approximate surface area is 46.3 Å². The molecule has 0 unspecified atom stereocenters. The van der Waals surface area contributed by atoms with Gasteiger partial charge in [-0.3, -0.25) is 0 Å². The molecule has 30 valence electrons. The summed E-state index contributed by atoms with van der Waals surface area (Å²) in [6.07, 6.45) is 0. The van der Waals surface area contributed by atoms with Crippen LogP contribution < -0.4 is 10.8 Å². The predicted octanol–water partition coefficient (Wildman–Crippen LogP) is -2.69. The second-order valence-electron chi connectivity index (χ2n) is 0.576. The summed E-state index contributed by atoms with van der Waals surface area (Å²) in [6, 6.07) is 0. The molecule has 6 heavy (non-hydrogen) atoms. The molecule has 0 aliphatic carbocycles. The summed E-state index contributed by atoms with van der Waals surface area (Å²) in [5.41, 5.74) is 4.51. The average Bonchev–Trinajstić information content (AvgIpc) is 1.38. The molecule has 0 aromatic rings. The summed E-state index contributed by atoms with van der Waals surface area (Å²) in [4.78, 5) is 9.13. The van der Waals surface area contributed by atoms with Gasteiger partial charge < -0.3 is 15.6 Å². The summed E-state index contributed by atoms with van der Waals surface area (Å²) in [5.74, 6) is -1.22. The summed E-state index contributed by atoms with van der Waals surface area (Å²) in [6.45, 7) is -0.389. The maximum atomic E-state index is 9.13. The second-order valence-corrected chi connectivity index (χ2v) is 0.576. The smallest absolute Gasteiger partial charge is 0.549 e. The minimum atomic E-state index is -1.22. The van der Waals surface area contributed by atoms with E-state index in [2.05, 4.69) is 5.73 Å². The largest absolute Gasteiger partial charge is 3.00 e. The second kappa shape index (κ2) is 4.96. The molecule has 0 atom stereocenters. The number of hydrogen-bond donors (Lipinski definition) is 1. The SMILES string of the molecule is NCC(=O)[O-].[Al+3]. The number of aliphatic carboxylic acids is 1. The fraction of sp³-hybridized carbons (Fsp3) is 0.500. The van der Waals surface area contributed by atoms with E-state index in [1.807, 2.05) is 0 Å². The number of carboxylic acid groups (broad SMARTS) is 1. The Balaban J connectivity index is 0. The van der Waals surface area contributed by atoms with Crippen molar-refractivity contribution in [2.45, 2.75) is 0 Å². The van der Waals surface area contributed by atoms with Crippen LogP contribution in [0.3, 0.4) is 0 Å². The molecule has 0 saturated carbocycles. The third-order valence-electron chi connectivity index (χ3n) is 0.167. The zero-order valence-corrected chi connectivity index (χ0v) is 4.33. The fourth-order valence-corrected chi connectivity index (χ4v) is 0. The van der Waals surface area contributed by atoms with Crippen molar-refractivity contribution in [1.29, 1.82) is 0 Å². The fourth-order valence-electron chi connectivity index (χ4n) is 0. The van der Waals surface area contributed by atoms with E-state index < -0.39 is 5.97 Å². The Kier molecular flexibility index (Phi) is 7.73. The molecule has 0 bridgehead atoms. The molecule has 0 aromatic carbocycles. The Morgan fingerprint density at radius 2 is 2.00 bits per heavy atom. The molecular weight excluding hydrogens is 97.0 g/mol. The Bertz CT molecular complexity index is 46.8. The molecule has 0 fully saturated rings. The number of carbonyl (C=O) groups is 1. The maximum absolute atomic E-state index is 9.13. The third-order valence-corrected chi connectivity index (χ3v) is 0.167. The van der Waals surface area contributed by atoms with E-state index in [0.717, 1.165) is 0 Å². The zero-order valence-electron chi connectivity index (χ0n) is 3.18. The van der Waals surface area contributed by atoms with Crippen LogP contribution in [0.4, 0.5) is 0 Å². The van der Waals surface area contributed by atoms with Crippen molar-refractivity contribution in [3.05, 3.63) is 0 Å². The van der Waals surface area contributed by atoms with Crippen LogP contribution in [-0.2, 0) is 4.79 Å². The van der Waals surface area contributed by atoms with Gasteiger partial charge in [-0.15, -0.1) is 0 Å². The normalized spacial score (nSPS) is 6.17. The number of hydrogen-bond acceptors (Lipinski definition) is 3. The first-order valence-corrected chi connectivity index (χ1v) is 1.17. The summed E-state index contributed by atoms with van der Waals surface area (Å²) >= 11 is 0. The molecule has 4 heteroatoms. The summed E-state index contributed by atoms with van der Waals surface area (Å²) in [5, 5.41) is 9.13. The topological polar surface area (TPSA) is 66.2 Å². The van der Waals surface area contributed by atoms with Crippen LogP contribution >= 0.6 is 0 Å². The van der Waals surface area contributed by atoms with Gasteiger partial charge in [-0.25, -0.2) is 0 Å². The van der Waals surface area contributed by atoms with Crippen molar-refractivity contribution in [1.82, 2.24) is 0 Å². The first-order valence-electron chi connectivity index (χ1n) is 1.17. The van der Waals surface area contributed by atoms with Crippen LogP contribution in [0, 0.1) is 0 Å². The van der Waals surface area contributed by atoms with Crippen LogP contribution in [0.1, 0.15) is 0 Å². The van der Waals surface area contributed by atoms with Gasteiger partial charge in [-0.2, -0.15) is 0 Å². The van der Waals surface area contributed by atoms with E-state index in [9.17, 15) is 0 Å². The Morgan fingerprint density at radius 3 is 2.00 bits per heavy atom. The van der Waals surface area contributed by atoms with Crippen LogP contribution in [0.15, 0.2) is 0 Å². The van der Waals surface area contributed by atoms with Gasteiger partial charge in [0, 0.05) is 6.54 Å². The van der Waals surface area contributed by atoms with Crippen molar-refractivity contribution in [2.75, 3.05) is 6.54 Å². The average molecular weight is 101 g/mol. The van der Waals surface area contributed by atoms with Crippen molar-refractivity contribution in [2.24, 2.45) is 5.73 Å². The van der Waals surface area contributed by atoms with Gasteiger partial charge in [-0.05, 0) is 0 Å². The standard InChI is InChI=1S/C2H5NO2.Al/c3-1-2(4)5;/h1,3H2,(H,4,5);/q;+3/p-1. The van der Waals surface area contributed by atoms with Gasteiger partial charge in [-0.1, -0.05) is 0 Å². The number of rotatable bonds is 1. The maximum Gasteiger partial charge on any atom is 3.00 e. The molecule has 0 amide bonds. The molecule has 0 spiro atoms. The molecule has 0 aliphatic rings. The molecular formula is C2H4AlNO2+2. The first kappa shape index (κ1) is 9.35. The molecule has 0 aliphatic heterocycles. The molecule has 0 heterocycles.